The minimum atomic E-state index is -1.46. The summed E-state index contributed by atoms with van der Waals surface area (Å²) in [6, 6.07) is 23.6. The van der Waals surface area contributed by atoms with Gasteiger partial charge in [0.15, 0.2) is 6.20 Å². The van der Waals surface area contributed by atoms with Gasteiger partial charge in [-0.1, -0.05) is 63.2 Å². The molecular weight excluding hydrogens is 388 g/mol. The summed E-state index contributed by atoms with van der Waals surface area (Å²) < 4.78 is 22.3. The van der Waals surface area contributed by atoms with E-state index < -0.39 is 11.8 Å². The molecule has 0 saturated carbocycles. The second kappa shape index (κ2) is 6.56. The summed E-state index contributed by atoms with van der Waals surface area (Å²) in [5.74, 6) is 0. The Bertz CT molecular complexity index is 1730. The van der Waals surface area contributed by atoms with Crippen LogP contribution in [0.15, 0.2) is 72.9 Å². The number of hydrogen-bond acceptors (Lipinski definition) is 0. The monoisotopic (exact) mass is 419 g/mol. The van der Waals surface area contributed by atoms with Gasteiger partial charge in [-0.15, -0.1) is 0 Å². The van der Waals surface area contributed by atoms with E-state index >= 15 is 0 Å². The number of pyridine rings is 1. The molecule has 0 aliphatic heterocycles. The SMILES string of the molecule is [2H]C([2H])(c1cc[n+](C)c(-c2c(C)ccc3c2c2cccc4c5ccccc5n3c42)c1)C(C)(C)C. The van der Waals surface area contributed by atoms with Crippen molar-refractivity contribution in [3.8, 4) is 11.3 Å². The summed E-state index contributed by atoms with van der Waals surface area (Å²) in [6.45, 7) is 8.05. The second-order valence-corrected chi connectivity index (χ2v) is 9.99. The van der Waals surface area contributed by atoms with Gasteiger partial charge in [0.1, 0.15) is 7.05 Å². The standard InChI is InChI=1S/C30H29N2/c1-19-13-14-25-28(27(19)26-17-20(15-16-31(26)5)18-30(2,3)4)23-11-8-10-22-21-9-6-7-12-24(21)32(25)29(22)23/h6-17H,18H2,1-5H3/q+1/i18D2. The van der Waals surface area contributed by atoms with Crippen molar-refractivity contribution in [2.75, 3.05) is 0 Å². The first-order valence-electron chi connectivity index (χ1n) is 12.3. The maximum Gasteiger partial charge on any atom is 0.213 e. The highest BCUT2D eigenvalue weighted by Gasteiger charge is 2.24. The van der Waals surface area contributed by atoms with Gasteiger partial charge in [-0.05, 0) is 42.0 Å². The maximum absolute atomic E-state index is 8.87. The molecule has 3 heterocycles. The largest absolute Gasteiger partial charge is 0.308 e. The Kier molecular flexibility index (Phi) is 3.52. The summed E-state index contributed by atoms with van der Waals surface area (Å²) in [5, 5.41) is 5.02. The molecule has 0 spiro atoms. The van der Waals surface area contributed by atoms with E-state index in [9.17, 15) is 0 Å². The lowest BCUT2D eigenvalue weighted by molar-refractivity contribution is -0.660. The summed E-state index contributed by atoms with van der Waals surface area (Å²) in [5.41, 5.74) is 7.27. The zero-order valence-electron chi connectivity index (χ0n) is 21.3. The van der Waals surface area contributed by atoms with E-state index in [1.54, 1.807) is 0 Å². The normalized spacial score (nSPS) is 14.0. The number of fused-ring (bicyclic) bond motifs is 6. The summed E-state index contributed by atoms with van der Waals surface area (Å²) in [6.07, 6.45) is 0.543. The van der Waals surface area contributed by atoms with Crippen LogP contribution in [0.5, 0.6) is 0 Å². The zero-order chi connectivity index (χ0) is 24.0. The average Bonchev–Trinajstić information content (AvgIpc) is 3.31. The van der Waals surface area contributed by atoms with Crippen LogP contribution >= 0.6 is 0 Å². The number of nitrogens with zero attached hydrogens (tertiary/aromatic N) is 2. The molecule has 3 aromatic carbocycles. The minimum Gasteiger partial charge on any atom is -0.308 e. The van der Waals surface area contributed by atoms with Crippen LogP contribution in [0, 0.1) is 12.3 Å². The van der Waals surface area contributed by atoms with Crippen LogP contribution in [0.3, 0.4) is 0 Å². The van der Waals surface area contributed by atoms with E-state index in [1.165, 1.54) is 49.2 Å². The van der Waals surface area contributed by atoms with Crippen LogP contribution in [-0.2, 0) is 13.4 Å². The molecular formula is C30H29N2+. The van der Waals surface area contributed by atoms with E-state index in [2.05, 4.69) is 83.6 Å². The van der Waals surface area contributed by atoms with Crippen molar-refractivity contribution < 1.29 is 7.31 Å². The predicted octanol–water partition coefficient (Wildman–Crippen LogP) is 7.23. The van der Waals surface area contributed by atoms with Gasteiger partial charge in [-0.25, -0.2) is 4.57 Å². The lowest BCUT2D eigenvalue weighted by atomic mass is 9.87. The molecule has 2 heteroatoms. The van der Waals surface area contributed by atoms with E-state index in [-0.39, 0.29) is 0 Å². The van der Waals surface area contributed by atoms with Crippen molar-refractivity contribution >= 4 is 38.1 Å². The third kappa shape index (κ3) is 2.69. The Labute approximate surface area is 191 Å². The molecule has 2 nitrogen and oxygen atoms in total. The minimum absolute atomic E-state index is 0.513. The van der Waals surface area contributed by atoms with Crippen molar-refractivity contribution in [3.05, 3.63) is 84.1 Å². The number of hydrogen-bond donors (Lipinski definition) is 0. The van der Waals surface area contributed by atoms with Gasteiger partial charge in [0.25, 0.3) is 0 Å². The smallest absolute Gasteiger partial charge is 0.213 e. The van der Waals surface area contributed by atoms with Crippen molar-refractivity contribution in [1.82, 2.24) is 4.40 Å². The molecule has 0 aliphatic rings. The fraction of sp³-hybridized carbons (Fsp3) is 0.233. The van der Waals surface area contributed by atoms with Crippen LogP contribution in [0.2, 0.25) is 0 Å². The summed E-state index contributed by atoms with van der Waals surface area (Å²) in [7, 11) is 2.05. The Morgan fingerprint density at radius 3 is 2.44 bits per heavy atom. The fourth-order valence-electron chi connectivity index (χ4n) is 5.28. The van der Waals surface area contributed by atoms with Gasteiger partial charge < -0.3 is 4.40 Å². The topological polar surface area (TPSA) is 8.29 Å². The summed E-state index contributed by atoms with van der Waals surface area (Å²) in [4.78, 5) is 0. The van der Waals surface area contributed by atoms with E-state index in [0.717, 1.165) is 5.69 Å². The van der Waals surface area contributed by atoms with Crippen molar-refractivity contribution in [3.63, 3.8) is 0 Å². The molecule has 158 valence electrons. The quantitative estimate of drug-likeness (QED) is 0.262. The van der Waals surface area contributed by atoms with Crippen LogP contribution in [-0.4, -0.2) is 4.40 Å². The molecule has 0 aliphatic carbocycles. The molecule has 6 aromatic rings. The molecule has 3 aromatic heterocycles. The van der Waals surface area contributed by atoms with Crippen LogP contribution in [0.25, 0.3) is 49.4 Å². The highest BCUT2D eigenvalue weighted by atomic mass is 14.9. The average molecular weight is 420 g/mol. The van der Waals surface area contributed by atoms with E-state index in [0.29, 0.717) is 5.56 Å². The molecule has 6 rings (SSSR count). The van der Waals surface area contributed by atoms with Crippen molar-refractivity contribution in [2.45, 2.75) is 34.1 Å². The van der Waals surface area contributed by atoms with Gasteiger partial charge in [-0.2, -0.15) is 0 Å². The Morgan fingerprint density at radius 2 is 1.62 bits per heavy atom. The molecule has 32 heavy (non-hydrogen) atoms. The van der Waals surface area contributed by atoms with Gasteiger partial charge in [0.2, 0.25) is 5.69 Å². The molecule has 0 N–H and O–H groups in total. The van der Waals surface area contributed by atoms with Crippen LogP contribution < -0.4 is 4.57 Å². The Balaban J connectivity index is 1.76. The fourth-order valence-corrected chi connectivity index (χ4v) is 5.28. The molecule has 0 amide bonds. The molecule has 0 fully saturated rings. The lowest BCUT2D eigenvalue weighted by Gasteiger charge is -2.18. The highest BCUT2D eigenvalue weighted by molar-refractivity contribution is 6.25. The van der Waals surface area contributed by atoms with Crippen LogP contribution in [0.4, 0.5) is 0 Å². The third-order valence-corrected chi connectivity index (χ3v) is 6.52. The first-order chi connectivity index (χ1) is 16.1. The highest BCUT2D eigenvalue weighted by Crippen LogP contribution is 2.43. The summed E-state index contributed by atoms with van der Waals surface area (Å²) >= 11 is 0. The Hall–Kier alpha value is -3.39. The molecule has 0 bridgehead atoms. The van der Waals surface area contributed by atoms with Gasteiger partial charge in [-0.3, -0.25) is 0 Å². The molecule has 0 unspecified atom stereocenters. The number of aromatic nitrogens is 2. The third-order valence-electron chi connectivity index (χ3n) is 6.52. The lowest BCUT2D eigenvalue weighted by Crippen LogP contribution is -2.31. The Morgan fingerprint density at radius 1 is 0.875 bits per heavy atom. The van der Waals surface area contributed by atoms with Gasteiger partial charge in [0, 0.05) is 36.4 Å². The first-order valence-corrected chi connectivity index (χ1v) is 11.3. The number of benzene rings is 3. The molecule has 0 radical (unpaired) electrons. The number of rotatable bonds is 2. The molecule has 0 atom stereocenters. The van der Waals surface area contributed by atoms with Crippen molar-refractivity contribution in [2.24, 2.45) is 12.5 Å². The van der Waals surface area contributed by atoms with Crippen molar-refractivity contribution in [1.29, 1.82) is 0 Å². The number of para-hydroxylation sites is 2. The van der Waals surface area contributed by atoms with Gasteiger partial charge in [0.05, 0.1) is 22.1 Å². The second-order valence-electron chi connectivity index (χ2n) is 9.99. The number of aryl methyl sites for hydroxylation is 2. The van der Waals surface area contributed by atoms with E-state index in [4.69, 9.17) is 2.74 Å². The zero-order valence-corrected chi connectivity index (χ0v) is 19.3. The first kappa shape index (κ1) is 17.2. The maximum atomic E-state index is 8.87. The van der Waals surface area contributed by atoms with Crippen LogP contribution in [0.1, 0.15) is 34.6 Å². The predicted molar refractivity (Wildman–Crippen MR) is 136 cm³/mol. The van der Waals surface area contributed by atoms with E-state index in [1.807, 2.05) is 33.0 Å². The molecule has 0 saturated heterocycles. The van der Waals surface area contributed by atoms with Gasteiger partial charge >= 0.3 is 0 Å².